The summed E-state index contributed by atoms with van der Waals surface area (Å²) in [6.45, 7) is 3.56. The lowest BCUT2D eigenvalue weighted by molar-refractivity contribution is 0.787. The number of aromatic nitrogens is 1. The van der Waals surface area contributed by atoms with Crippen LogP contribution < -0.4 is 5.56 Å². The van der Waals surface area contributed by atoms with E-state index in [2.05, 4.69) is 17.2 Å². The molecule has 0 N–H and O–H groups in total. The molecule has 0 aliphatic rings. The van der Waals surface area contributed by atoms with Crippen molar-refractivity contribution in [2.75, 3.05) is 0 Å². The maximum Gasteiger partial charge on any atom is 0.289 e. The van der Waals surface area contributed by atoms with Gasteiger partial charge in [-0.05, 0) is 43.2 Å². The molecule has 0 unspecified atom stereocenters. The Labute approximate surface area is 143 Å². The van der Waals surface area contributed by atoms with Crippen molar-refractivity contribution in [1.29, 1.82) is 5.26 Å². The Hall–Kier alpha value is -2.97. The van der Waals surface area contributed by atoms with Gasteiger partial charge in [0.1, 0.15) is 11.6 Å². The standard InChI is InChI=1S/C19H15N3OS/c1-13-10-14(2)22(19(23)17(13)11-20)21-12-16-8-9-18(24-16)15-6-4-3-5-7-15/h3-10,12H,1-2H3/b21-12-. The second-order valence-corrected chi connectivity index (χ2v) is 6.50. The van der Waals surface area contributed by atoms with Crippen molar-refractivity contribution in [3.63, 3.8) is 0 Å². The molecule has 0 aliphatic heterocycles. The van der Waals surface area contributed by atoms with Gasteiger partial charge in [-0.2, -0.15) is 10.4 Å². The molecule has 0 aliphatic carbocycles. The smallest absolute Gasteiger partial charge is 0.266 e. The van der Waals surface area contributed by atoms with Crippen molar-refractivity contribution < 1.29 is 0 Å². The highest BCUT2D eigenvalue weighted by Crippen LogP contribution is 2.26. The van der Waals surface area contributed by atoms with Crippen LogP contribution in [-0.2, 0) is 0 Å². The van der Waals surface area contributed by atoms with Gasteiger partial charge in [-0.1, -0.05) is 30.3 Å². The molecule has 2 heterocycles. The molecule has 1 aromatic carbocycles. The maximum absolute atomic E-state index is 12.3. The summed E-state index contributed by atoms with van der Waals surface area (Å²) in [6, 6.07) is 17.8. The van der Waals surface area contributed by atoms with Gasteiger partial charge in [0.2, 0.25) is 0 Å². The molecule has 0 saturated carbocycles. The molecular formula is C19H15N3OS. The third-order valence-electron chi connectivity index (χ3n) is 3.66. The molecular weight excluding hydrogens is 318 g/mol. The van der Waals surface area contributed by atoms with Gasteiger partial charge in [-0.25, -0.2) is 4.68 Å². The summed E-state index contributed by atoms with van der Waals surface area (Å²) in [6.07, 6.45) is 1.65. The van der Waals surface area contributed by atoms with Gasteiger partial charge in [0.05, 0.1) is 6.21 Å². The van der Waals surface area contributed by atoms with Gasteiger partial charge in [-0.3, -0.25) is 4.79 Å². The van der Waals surface area contributed by atoms with Gasteiger partial charge in [0.25, 0.3) is 5.56 Å². The van der Waals surface area contributed by atoms with Crippen LogP contribution in [0.4, 0.5) is 0 Å². The van der Waals surface area contributed by atoms with Crippen LogP contribution in [0.15, 0.2) is 58.4 Å². The fourth-order valence-corrected chi connectivity index (χ4v) is 3.34. The van der Waals surface area contributed by atoms with Gasteiger partial charge in [0, 0.05) is 15.4 Å². The van der Waals surface area contributed by atoms with E-state index in [9.17, 15) is 4.79 Å². The highest BCUT2D eigenvalue weighted by atomic mass is 32.1. The molecule has 4 nitrogen and oxygen atoms in total. The summed E-state index contributed by atoms with van der Waals surface area (Å²) in [5.41, 5.74) is 2.28. The first-order chi connectivity index (χ1) is 11.6. The molecule has 0 radical (unpaired) electrons. The molecule has 0 amide bonds. The van der Waals surface area contributed by atoms with Gasteiger partial charge in [0.15, 0.2) is 0 Å². The van der Waals surface area contributed by atoms with E-state index in [1.54, 1.807) is 37.5 Å². The number of benzene rings is 1. The summed E-state index contributed by atoms with van der Waals surface area (Å²) in [4.78, 5) is 14.4. The van der Waals surface area contributed by atoms with E-state index in [1.807, 2.05) is 36.4 Å². The zero-order valence-electron chi connectivity index (χ0n) is 13.4. The summed E-state index contributed by atoms with van der Waals surface area (Å²) in [5.74, 6) is 0. The minimum atomic E-state index is -0.383. The largest absolute Gasteiger partial charge is 0.289 e. The predicted molar refractivity (Wildman–Crippen MR) is 97.6 cm³/mol. The number of aryl methyl sites for hydroxylation is 2. The molecule has 24 heavy (non-hydrogen) atoms. The summed E-state index contributed by atoms with van der Waals surface area (Å²) in [7, 11) is 0. The SMILES string of the molecule is Cc1cc(C)n(/N=C\c2ccc(-c3ccccc3)s2)c(=O)c1C#N. The molecule has 0 fully saturated rings. The van der Waals surface area contributed by atoms with Crippen LogP contribution in [-0.4, -0.2) is 10.9 Å². The Morgan fingerprint density at radius 3 is 2.62 bits per heavy atom. The van der Waals surface area contributed by atoms with E-state index in [4.69, 9.17) is 5.26 Å². The van der Waals surface area contributed by atoms with Crippen LogP contribution >= 0.6 is 11.3 Å². The zero-order valence-corrected chi connectivity index (χ0v) is 14.2. The van der Waals surface area contributed by atoms with E-state index in [-0.39, 0.29) is 11.1 Å². The van der Waals surface area contributed by atoms with E-state index in [0.29, 0.717) is 11.3 Å². The Morgan fingerprint density at radius 1 is 1.17 bits per heavy atom. The number of hydrogen-bond acceptors (Lipinski definition) is 4. The molecule has 0 saturated heterocycles. The van der Waals surface area contributed by atoms with Gasteiger partial charge in [-0.15, -0.1) is 11.3 Å². The second kappa shape index (κ2) is 6.65. The van der Waals surface area contributed by atoms with Crippen LogP contribution in [0.25, 0.3) is 10.4 Å². The van der Waals surface area contributed by atoms with Crippen LogP contribution in [0.5, 0.6) is 0 Å². The van der Waals surface area contributed by atoms with Crippen LogP contribution in [0, 0.1) is 25.2 Å². The Morgan fingerprint density at radius 2 is 1.92 bits per heavy atom. The molecule has 2 aromatic heterocycles. The average molecular weight is 333 g/mol. The second-order valence-electron chi connectivity index (χ2n) is 5.39. The van der Waals surface area contributed by atoms with Crippen molar-refractivity contribution in [1.82, 2.24) is 4.68 Å². The maximum atomic E-state index is 12.3. The third kappa shape index (κ3) is 3.05. The van der Waals surface area contributed by atoms with Crippen LogP contribution in [0.2, 0.25) is 0 Å². The number of rotatable bonds is 3. The number of nitrogens with zero attached hydrogens (tertiary/aromatic N) is 3. The van der Waals surface area contributed by atoms with Crippen molar-refractivity contribution in [3.8, 4) is 16.5 Å². The monoisotopic (exact) mass is 333 g/mol. The quantitative estimate of drug-likeness (QED) is 0.682. The highest BCUT2D eigenvalue weighted by molar-refractivity contribution is 7.17. The molecule has 3 aromatic rings. The number of thiophene rings is 1. The van der Waals surface area contributed by atoms with Crippen molar-refractivity contribution in [2.45, 2.75) is 13.8 Å². The molecule has 5 heteroatoms. The lowest BCUT2D eigenvalue weighted by Gasteiger charge is -2.05. The third-order valence-corrected chi connectivity index (χ3v) is 4.73. The topological polar surface area (TPSA) is 58.1 Å². The Kier molecular flexibility index (Phi) is 4.41. The van der Waals surface area contributed by atoms with Crippen LogP contribution in [0.1, 0.15) is 21.7 Å². The lowest BCUT2D eigenvalue weighted by atomic mass is 10.1. The minimum absolute atomic E-state index is 0.133. The van der Waals surface area contributed by atoms with E-state index >= 15 is 0 Å². The first-order valence-electron chi connectivity index (χ1n) is 7.43. The first-order valence-corrected chi connectivity index (χ1v) is 8.25. The van der Waals surface area contributed by atoms with Crippen molar-refractivity contribution in [2.24, 2.45) is 5.10 Å². The van der Waals surface area contributed by atoms with Crippen LogP contribution in [0.3, 0.4) is 0 Å². The molecule has 0 spiro atoms. The first kappa shape index (κ1) is 15.9. The number of hydrogen-bond donors (Lipinski definition) is 0. The van der Waals surface area contributed by atoms with E-state index in [0.717, 1.165) is 15.3 Å². The fourth-order valence-electron chi connectivity index (χ4n) is 2.46. The highest BCUT2D eigenvalue weighted by Gasteiger charge is 2.09. The number of pyridine rings is 1. The zero-order chi connectivity index (χ0) is 17.1. The Balaban J connectivity index is 1.95. The summed E-state index contributed by atoms with van der Waals surface area (Å²) in [5, 5.41) is 13.4. The normalized spacial score (nSPS) is 10.9. The Bertz CT molecular complexity index is 1010. The molecule has 0 atom stereocenters. The average Bonchev–Trinajstić information content (AvgIpc) is 3.04. The minimum Gasteiger partial charge on any atom is -0.266 e. The number of nitriles is 1. The molecule has 118 valence electrons. The van der Waals surface area contributed by atoms with E-state index < -0.39 is 0 Å². The fraction of sp³-hybridized carbons (Fsp3) is 0.105. The van der Waals surface area contributed by atoms with Crippen molar-refractivity contribution in [3.05, 3.63) is 80.6 Å². The van der Waals surface area contributed by atoms with Gasteiger partial charge >= 0.3 is 0 Å². The lowest BCUT2D eigenvalue weighted by Crippen LogP contribution is -2.22. The summed E-state index contributed by atoms with van der Waals surface area (Å²) >= 11 is 1.60. The molecule has 3 rings (SSSR count). The van der Waals surface area contributed by atoms with Gasteiger partial charge < -0.3 is 0 Å². The summed E-state index contributed by atoms with van der Waals surface area (Å²) < 4.78 is 1.27. The predicted octanol–water partition coefficient (Wildman–Crippen LogP) is 3.95. The molecule has 0 bridgehead atoms. The van der Waals surface area contributed by atoms with Crippen molar-refractivity contribution >= 4 is 17.6 Å². The van der Waals surface area contributed by atoms with E-state index in [1.165, 1.54) is 4.68 Å².